The van der Waals surface area contributed by atoms with E-state index in [-0.39, 0.29) is 29.9 Å². The highest BCUT2D eigenvalue weighted by atomic mass is 79.9. The zero-order chi connectivity index (χ0) is 25.9. The third kappa shape index (κ3) is 6.43. The number of hydrogen-bond acceptors (Lipinski definition) is 8. The Morgan fingerprint density at radius 2 is 2.00 bits per heavy atom. The Labute approximate surface area is 215 Å². The maximum absolute atomic E-state index is 13.0. The van der Waals surface area contributed by atoms with E-state index in [4.69, 9.17) is 9.47 Å². The highest BCUT2D eigenvalue weighted by Crippen LogP contribution is 2.46. The van der Waals surface area contributed by atoms with Crippen LogP contribution >= 0.6 is 27.7 Å². The Hall–Kier alpha value is -2.86. The first kappa shape index (κ1) is 26.7. The number of nitrogens with zero attached hydrogens (tertiary/aromatic N) is 2. The van der Waals surface area contributed by atoms with E-state index in [1.54, 1.807) is 33.8 Å². The Balaban J connectivity index is 1.68. The monoisotopic (exact) mass is 567 g/mol. The molecule has 35 heavy (non-hydrogen) atoms. The number of benzene rings is 1. The molecule has 2 aliphatic rings. The molecule has 188 valence electrons. The molecule has 0 bridgehead atoms. The first-order valence-electron chi connectivity index (χ1n) is 10.8. The fourth-order valence-corrected chi connectivity index (χ4v) is 5.21. The maximum Gasteiger partial charge on any atom is 0.408 e. The largest absolute Gasteiger partial charge is 0.456 e. The van der Waals surface area contributed by atoms with Crippen molar-refractivity contribution in [3.05, 3.63) is 62.2 Å². The second-order valence-electron chi connectivity index (χ2n) is 8.84. The predicted octanol–water partition coefficient (Wildman–Crippen LogP) is 4.39. The van der Waals surface area contributed by atoms with Crippen LogP contribution in [-0.4, -0.2) is 50.1 Å². The van der Waals surface area contributed by atoms with Gasteiger partial charge in [-0.05, 0) is 45.4 Å². The molecule has 2 atom stereocenters. The van der Waals surface area contributed by atoms with Gasteiger partial charge in [-0.25, -0.2) is 9.59 Å². The predicted molar refractivity (Wildman–Crippen MR) is 133 cm³/mol. The van der Waals surface area contributed by atoms with E-state index in [9.17, 15) is 24.5 Å². The molecule has 3 rings (SSSR count). The van der Waals surface area contributed by atoms with E-state index in [0.717, 1.165) is 0 Å². The van der Waals surface area contributed by atoms with Crippen molar-refractivity contribution in [3.8, 4) is 0 Å². The number of nitrogens with one attached hydrogen (secondary N) is 1. The summed E-state index contributed by atoms with van der Waals surface area (Å²) in [7, 11) is 0. The molecular formula is C23H26BrN3O7S. The maximum atomic E-state index is 13.0. The van der Waals surface area contributed by atoms with Crippen molar-refractivity contribution in [1.82, 2.24) is 10.2 Å². The van der Waals surface area contributed by atoms with Crippen LogP contribution in [0.2, 0.25) is 0 Å². The average molecular weight is 568 g/mol. The summed E-state index contributed by atoms with van der Waals surface area (Å²) >= 11 is 4.74. The lowest BCUT2D eigenvalue weighted by atomic mass is 9.94. The number of hydrogen-bond donors (Lipinski definition) is 1. The van der Waals surface area contributed by atoms with Gasteiger partial charge >= 0.3 is 12.1 Å². The molecule has 1 aromatic carbocycles. The fraction of sp³-hybridized carbons (Fsp3) is 0.435. The van der Waals surface area contributed by atoms with Crippen LogP contribution < -0.4 is 5.32 Å². The van der Waals surface area contributed by atoms with Gasteiger partial charge in [0, 0.05) is 34.8 Å². The van der Waals surface area contributed by atoms with Crippen molar-refractivity contribution in [1.29, 1.82) is 0 Å². The van der Waals surface area contributed by atoms with Crippen LogP contribution in [0, 0.1) is 10.1 Å². The van der Waals surface area contributed by atoms with Gasteiger partial charge in [0.25, 0.3) is 11.6 Å². The van der Waals surface area contributed by atoms with Gasteiger partial charge in [0.05, 0.1) is 15.9 Å². The van der Waals surface area contributed by atoms with Gasteiger partial charge in [-0.15, -0.1) is 11.8 Å². The quantitative estimate of drug-likeness (QED) is 0.0931. The summed E-state index contributed by atoms with van der Waals surface area (Å²) in [6, 6.07) is 5.47. The number of nitro benzene ring substituents is 1. The Morgan fingerprint density at radius 3 is 2.57 bits per heavy atom. The average Bonchev–Trinajstić information content (AvgIpc) is 3.10. The van der Waals surface area contributed by atoms with Crippen LogP contribution in [0.4, 0.5) is 10.5 Å². The number of alkyl halides is 1. The van der Waals surface area contributed by atoms with E-state index in [0.29, 0.717) is 28.2 Å². The molecule has 12 heteroatoms. The molecule has 2 amide bonds. The van der Waals surface area contributed by atoms with E-state index >= 15 is 0 Å². The van der Waals surface area contributed by atoms with E-state index < -0.39 is 27.5 Å². The molecule has 2 unspecified atom stereocenters. The highest BCUT2D eigenvalue weighted by molar-refractivity contribution is 9.09. The van der Waals surface area contributed by atoms with Gasteiger partial charge in [-0.3, -0.25) is 19.8 Å². The molecule has 1 saturated heterocycles. The zero-order valence-corrected chi connectivity index (χ0v) is 22.1. The molecule has 0 aliphatic carbocycles. The van der Waals surface area contributed by atoms with Gasteiger partial charge in [0.1, 0.15) is 17.9 Å². The van der Waals surface area contributed by atoms with Crippen LogP contribution in [0.15, 0.2) is 46.5 Å². The van der Waals surface area contributed by atoms with Crippen LogP contribution in [0.3, 0.4) is 0 Å². The Kier molecular flexibility index (Phi) is 8.26. The standard InChI is InChI=1S/C23H26BrN3O7S/c1-5-15-16-10-17(35-12-18(24)25-22(30)34-23(2,3)4)19(26(16)20(15)28)21(29)33-11-13-6-8-14(9-7-13)27(31)32/h5-9,16,18H,10-12H2,1-4H3,(H,25,30). The Morgan fingerprint density at radius 1 is 1.34 bits per heavy atom. The smallest absolute Gasteiger partial charge is 0.408 e. The first-order valence-corrected chi connectivity index (χ1v) is 12.7. The van der Waals surface area contributed by atoms with Gasteiger partial charge in [0.2, 0.25) is 0 Å². The lowest BCUT2D eigenvalue weighted by Gasteiger charge is -2.38. The van der Waals surface area contributed by atoms with Crippen LogP contribution in [-0.2, 0) is 25.7 Å². The lowest BCUT2D eigenvalue weighted by Crippen LogP contribution is -2.52. The van der Waals surface area contributed by atoms with Crippen LogP contribution in [0.25, 0.3) is 0 Å². The minimum absolute atomic E-state index is 0.0607. The van der Waals surface area contributed by atoms with Crippen molar-refractivity contribution < 1.29 is 28.8 Å². The summed E-state index contributed by atoms with van der Waals surface area (Å²) in [5.74, 6) is -0.506. The van der Waals surface area contributed by atoms with Crippen molar-refractivity contribution in [3.63, 3.8) is 0 Å². The number of allylic oxidation sites excluding steroid dienone is 1. The summed E-state index contributed by atoms with van der Waals surface area (Å²) in [6.45, 7) is 6.98. The molecule has 1 fully saturated rings. The minimum atomic E-state index is -0.650. The summed E-state index contributed by atoms with van der Waals surface area (Å²) < 4.78 is 10.7. The second-order valence-corrected chi connectivity index (χ2v) is 11.1. The number of β-lactam (4-membered cyclic amide) rings is 1. The molecule has 10 nitrogen and oxygen atoms in total. The fourth-order valence-electron chi connectivity index (χ4n) is 3.60. The highest BCUT2D eigenvalue weighted by Gasteiger charge is 2.51. The summed E-state index contributed by atoms with van der Waals surface area (Å²) in [5, 5.41) is 13.5. The van der Waals surface area contributed by atoms with Crippen LogP contribution in [0.1, 0.15) is 39.7 Å². The number of ether oxygens (including phenoxy) is 2. The summed E-state index contributed by atoms with van der Waals surface area (Å²) in [5.41, 5.74) is 0.723. The third-order valence-electron chi connectivity index (χ3n) is 5.12. The van der Waals surface area contributed by atoms with Crippen molar-refractivity contribution in [2.24, 2.45) is 0 Å². The minimum Gasteiger partial charge on any atom is -0.456 e. The molecule has 0 saturated carbocycles. The zero-order valence-electron chi connectivity index (χ0n) is 19.7. The normalized spacial score (nSPS) is 19.2. The molecule has 0 aromatic heterocycles. The summed E-state index contributed by atoms with van der Waals surface area (Å²) in [4.78, 5) is 49.6. The molecular weight excluding hydrogens is 542 g/mol. The molecule has 2 heterocycles. The number of nitro groups is 1. The molecule has 0 spiro atoms. The number of carbonyl (C=O) groups is 3. The van der Waals surface area contributed by atoms with E-state index in [1.165, 1.54) is 40.9 Å². The molecule has 1 aromatic rings. The number of carbonyl (C=O) groups excluding carboxylic acids is 3. The van der Waals surface area contributed by atoms with Gasteiger partial charge in [-0.1, -0.05) is 22.0 Å². The van der Waals surface area contributed by atoms with Crippen LogP contribution in [0.5, 0.6) is 0 Å². The number of thioether (sulfide) groups is 1. The molecule has 2 aliphatic heterocycles. The third-order valence-corrected chi connectivity index (χ3v) is 7.31. The SMILES string of the molecule is CC=C1C(=O)N2C(C(=O)OCc3ccc([N+](=O)[O-])cc3)=C(SCC(Br)NC(=O)OC(C)(C)C)CC12. The number of halogens is 1. The number of esters is 1. The number of alkyl carbamates (subject to hydrolysis) is 1. The van der Waals surface area contributed by atoms with Crippen molar-refractivity contribution >= 4 is 51.3 Å². The number of amides is 2. The van der Waals surface area contributed by atoms with Crippen molar-refractivity contribution in [2.75, 3.05) is 5.75 Å². The first-order chi connectivity index (χ1) is 16.4. The van der Waals surface area contributed by atoms with Crippen molar-refractivity contribution in [2.45, 2.75) is 57.3 Å². The lowest BCUT2D eigenvalue weighted by molar-refractivity contribution is -0.384. The molecule has 0 radical (unpaired) electrons. The molecule has 1 N–H and O–H groups in total. The van der Waals surface area contributed by atoms with Gasteiger partial charge in [-0.2, -0.15) is 0 Å². The summed E-state index contributed by atoms with van der Waals surface area (Å²) in [6.07, 6.45) is 1.65. The van der Waals surface area contributed by atoms with E-state index in [2.05, 4.69) is 21.2 Å². The second kappa shape index (κ2) is 10.8. The number of rotatable bonds is 8. The van der Waals surface area contributed by atoms with Gasteiger partial charge < -0.3 is 14.8 Å². The topological polar surface area (TPSA) is 128 Å². The van der Waals surface area contributed by atoms with E-state index in [1.807, 2.05) is 0 Å². The Bertz CT molecular complexity index is 1100. The van der Waals surface area contributed by atoms with Gasteiger partial charge in [0.15, 0.2) is 0 Å². The number of fused-ring (bicyclic) bond motifs is 1. The number of non-ortho nitro benzene ring substituents is 1.